The van der Waals surface area contributed by atoms with Crippen molar-refractivity contribution in [2.75, 3.05) is 11.9 Å². The van der Waals surface area contributed by atoms with Crippen molar-refractivity contribution in [1.29, 1.82) is 0 Å². The van der Waals surface area contributed by atoms with Crippen LogP contribution in [0.5, 0.6) is 0 Å². The van der Waals surface area contributed by atoms with Gasteiger partial charge < -0.3 is 10.1 Å². The smallest absolute Gasteiger partial charge is 0.306 e. The van der Waals surface area contributed by atoms with Gasteiger partial charge in [-0.2, -0.15) is 0 Å². The zero-order chi connectivity index (χ0) is 19.1. The summed E-state index contributed by atoms with van der Waals surface area (Å²) in [5.74, 6) is -1.13. The molecule has 0 aliphatic carbocycles. The molecule has 136 valence electrons. The van der Waals surface area contributed by atoms with E-state index in [-0.39, 0.29) is 31.1 Å². The molecule has 3 aromatic rings. The first-order chi connectivity index (χ1) is 13.1. The SMILES string of the molecule is O=C(CCC(=O)OCC(=O)c1ccccc1)Nc1ccc2ccccc2c1. The second-order valence-corrected chi connectivity index (χ2v) is 6.06. The number of hydrogen-bond donors (Lipinski definition) is 1. The van der Waals surface area contributed by atoms with Crippen molar-refractivity contribution in [1.82, 2.24) is 0 Å². The molecule has 0 aliphatic rings. The van der Waals surface area contributed by atoms with Crippen LogP contribution in [-0.2, 0) is 14.3 Å². The minimum atomic E-state index is -0.576. The number of ketones is 1. The molecule has 5 nitrogen and oxygen atoms in total. The van der Waals surface area contributed by atoms with E-state index in [9.17, 15) is 14.4 Å². The molecule has 27 heavy (non-hydrogen) atoms. The van der Waals surface area contributed by atoms with Gasteiger partial charge in [0.05, 0.1) is 6.42 Å². The third kappa shape index (κ3) is 5.25. The summed E-state index contributed by atoms with van der Waals surface area (Å²) in [5, 5.41) is 4.87. The highest BCUT2D eigenvalue weighted by atomic mass is 16.5. The number of fused-ring (bicyclic) bond motifs is 1. The second kappa shape index (κ2) is 8.76. The summed E-state index contributed by atoms with van der Waals surface area (Å²) in [5.41, 5.74) is 1.16. The molecule has 1 amide bonds. The lowest BCUT2D eigenvalue weighted by Gasteiger charge is -2.07. The molecule has 0 spiro atoms. The van der Waals surface area contributed by atoms with E-state index in [1.54, 1.807) is 30.3 Å². The Bertz CT molecular complexity index is 966. The standard InChI is InChI=1S/C22H19NO4/c24-20(17-7-2-1-3-8-17)15-27-22(26)13-12-21(25)23-19-11-10-16-6-4-5-9-18(16)14-19/h1-11,14H,12-13,15H2,(H,23,25). The van der Waals surface area contributed by atoms with Crippen molar-refractivity contribution in [3.05, 3.63) is 78.4 Å². The Balaban J connectivity index is 1.44. The fourth-order valence-electron chi connectivity index (χ4n) is 2.63. The lowest BCUT2D eigenvalue weighted by atomic mass is 10.1. The van der Waals surface area contributed by atoms with Crippen molar-refractivity contribution in [3.63, 3.8) is 0 Å². The molecule has 0 radical (unpaired) electrons. The van der Waals surface area contributed by atoms with E-state index in [1.807, 2.05) is 42.5 Å². The normalized spacial score (nSPS) is 10.4. The summed E-state index contributed by atoms with van der Waals surface area (Å²) in [4.78, 5) is 35.7. The fourth-order valence-corrected chi connectivity index (χ4v) is 2.63. The second-order valence-electron chi connectivity index (χ2n) is 6.06. The van der Waals surface area contributed by atoms with Crippen molar-refractivity contribution >= 4 is 34.1 Å². The number of nitrogens with one attached hydrogen (secondary N) is 1. The number of anilines is 1. The molecule has 5 heteroatoms. The first kappa shape index (κ1) is 18.3. The molecule has 3 aromatic carbocycles. The Morgan fingerprint density at radius 1 is 0.778 bits per heavy atom. The van der Waals surface area contributed by atoms with Gasteiger partial charge in [-0.3, -0.25) is 14.4 Å². The lowest BCUT2D eigenvalue weighted by Crippen LogP contribution is -2.17. The predicted octanol–water partition coefficient (Wildman–Crippen LogP) is 3.98. The Labute approximate surface area is 157 Å². The highest BCUT2D eigenvalue weighted by Crippen LogP contribution is 2.19. The zero-order valence-corrected chi connectivity index (χ0v) is 14.7. The van der Waals surface area contributed by atoms with Crippen molar-refractivity contribution in [2.24, 2.45) is 0 Å². The number of benzene rings is 3. The Morgan fingerprint density at radius 2 is 1.48 bits per heavy atom. The molecule has 0 fully saturated rings. The lowest BCUT2D eigenvalue weighted by molar-refractivity contribution is -0.143. The number of amides is 1. The Morgan fingerprint density at radius 3 is 2.26 bits per heavy atom. The number of esters is 1. The summed E-state index contributed by atoms with van der Waals surface area (Å²) in [7, 11) is 0. The predicted molar refractivity (Wildman–Crippen MR) is 104 cm³/mol. The third-order valence-electron chi connectivity index (χ3n) is 4.05. The van der Waals surface area contributed by atoms with E-state index in [0.29, 0.717) is 11.3 Å². The molecule has 0 bridgehead atoms. The largest absolute Gasteiger partial charge is 0.457 e. The molecule has 1 N–H and O–H groups in total. The number of carbonyl (C=O) groups is 3. The van der Waals surface area contributed by atoms with Gasteiger partial charge >= 0.3 is 5.97 Å². The third-order valence-corrected chi connectivity index (χ3v) is 4.05. The first-order valence-electron chi connectivity index (χ1n) is 8.64. The van der Waals surface area contributed by atoms with Crippen LogP contribution in [0.4, 0.5) is 5.69 Å². The molecule has 0 unspecified atom stereocenters. The van der Waals surface area contributed by atoms with Crippen LogP contribution in [-0.4, -0.2) is 24.3 Å². The van der Waals surface area contributed by atoms with Gasteiger partial charge in [0.25, 0.3) is 0 Å². The number of rotatable bonds is 7. The maximum absolute atomic E-state index is 12.0. The van der Waals surface area contributed by atoms with E-state index >= 15 is 0 Å². The Hall–Kier alpha value is -3.47. The molecule has 0 atom stereocenters. The summed E-state index contributed by atoms with van der Waals surface area (Å²) in [6.45, 7) is -0.324. The van der Waals surface area contributed by atoms with Gasteiger partial charge in [0.2, 0.25) is 5.91 Å². The summed E-state index contributed by atoms with van der Waals surface area (Å²) in [6.07, 6.45) is -0.0906. The van der Waals surface area contributed by atoms with Gasteiger partial charge in [-0.25, -0.2) is 0 Å². The maximum atomic E-state index is 12.0. The van der Waals surface area contributed by atoms with Gasteiger partial charge in [0.15, 0.2) is 12.4 Å². The van der Waals surface area contributed by atoms with Crippen LogP contribution in [0.3, 0.4) is 0 Å². The van der Waals surface area contributed by atoms with Crippen LogP contribution in [0, 0.1) is 0 Å². The van der Waals surface area contributed by atoms with E-state index in [4.69, 9.17) is 4.74 Å². The molecule has 0 heterocycles. The molecule has 3 rings (SSSR count). The molecule has 0 aromatic heterocycles. The zero-order valence-electron chi connectivity index (χ0n) is 14.7. The van der Waals surface area contributed by atoms with Crippen LogP contribution in [0.2, 0.25) is 0 Å². The van der Waals surface area contributed by atoms with Crippen LogP contribution in [0.15, 0.2) is 72.8 Å². The number of ether oxygens (including phenoxy) is 1. The summed E-state index contributed by atoms with van der Waals surface area (Å²) in [6, 6.07) is 22.1. The van der Waals surface area contributed by atoms with Gasteiger partial charge in [0, 0.05) is 17.7 Å². The molecule has 0 saturated heterocycles. The average molecular weight is 361 g/mol. The van der Waals surface area contributed by atoms with E-state index in [0.717, 1.165) is 10.8 Å². The number of Topliss-reactive ketones (excluding diaryl/α,β-unsaturated/α-hetero) is 1. The quantitative estimate of drug-likeness (QED) is 0.510. The summed E-state index contributed by atoms with van der Waals surface area (Å²) >= 11 is 0. The van der Waals surface area contributed by atoms with Gasteiger partial charge in [-0.1, -0.05) is 60.7 Å². The average Bonchev–Trinajstić information content (AvgIpc) is 2.71. The van der Waals surface area contributed by atoms with Crippen molar-refractivity contribution in [2.45, 2.75) is 12.8 Å². The number of carbonyl (C=O) groups excluding carboxylic acids is 3. The fraction of sp³-hybridized carbons (Fsp3) is 0.136. The van der Waals surface area contributed by atoms with Crippen LogP contribution >= 0.6 is 0 Å². The van der Waals surface area contributed by atoms with Crippen molar-refractivity contribution < 1.29 is 19.1 Å². The van der Waals surface area contributed by atoms with Crippen LogP contribution in [0.1, 0.15) is 23.2 Å². The van der Waals surface area contributed by atoms with Crippen molar-refractivity contribution in [3.8, 4) is 0 Å². The summed E-state index contributed by atoms with van der Waals surface area (Å²) < 4.78 is 4.95. The van der Waals surface area contributed by atoms with E-state index in [2.05, 4.69) is 5.32 Å². The molecular weight excluding hydrogens is 342 g/mol. The van der Waals surface area contributed by atoms with E-state index < -0.39 is 5.97 Å². The minimum Gasteiger partial charge on any atom is -0.457 e. The molecule has 0 aliphatic heterocycles. The monoisotopic (exact) mass is 361 g/mol. The Kier molecular flexibility index (Phi) is 5.94. The highest BCUT2D eigenvalue weighted by molar-refractivity contribution is 5.98. The van der Waals surface area contributed by atoms with E-state index in [1.165, 1.54) is 0 Å². The maximum Gasteiger partial charge on any atom is 0.306 e. The van der Waals surface area contributed by atoms with Crippen LogP contribution in [0.25, 0.3) is 10.8 Å². The topological polar surface area (TPSA) is 72.5 Å². The van der Waals surface area contributed by atoms with Gasteiger partial charge in [-0.15, -0.1) is 0 Å². The number of hydrogen-bond acceptors (Lipinski definition) is 4. The minimum absolute atomic E-state index is 0.00874. The highest BCUT2D eigenvalue weighted by Gasteiger charge is 2.12. The molecular formula is C22H19NO4. The van der Waals surface area contributed by atoms with Gasteiger partial charge in [0.1, 0.15) is 0 Å². The first-order valence-corrected chi connectivity index (χ1v) is 8.64. The van der Waals surface area contributed by atoms with Gasteiger partial charge in [-0.05, 0) is 22.9 Å². The molecule has 0 saturated carbocycles. The van der Waals surface area contributed by atoms with Crippen LogP contribution < -0.4 is 5.32 Å².